The molecule has 108 heavy (non-hydrogen) atoms. The SMILES string of the molecule is CCN(CC)c1ccc2cc(-c3nc4ccccc4s3)c(=O)oc2c1.[AlH][O]c1cccc2cccnc12.[B]N=P.c1ccc(-c2ccc3c(n2)-c2cccc4cccc-3c24)nc1.c1ccc(N(c2ccc(-c3ccc(N(c4ccccc4)c4cccc5ccccc45)cc3)cc2)c2cccc3ccccc23)cc1. The zero-order valence-electron chi connectivity index (χ0n) is 59.4. The number of thiazole rings is 1. The van der Waals surface area contributed by atoms with Crippen molar-refractivity contribution < 1.29 is 8.21 Å². The van der Waals surface area contributed by atoms with Crippen LogP contribution in [-0.2, 0) is 0 Å². The van der Waals surface area contributed by atoms with Crippen LogP contribution in [0.25, 0.3) is 120 Å². The van der Waals surface area contributed by atoms with E-state index in [1.54, 1.807) is 12.4 Å². The number of benzene rings is 13. The van der Waals surface area contributed by atoms with E-state index in [1.807, 2.05) is 91.0 Å². The van der Waals surface area contributed by atoms with Crippen molar-refractivity contribution in [3.63, 3.8) is 0 Å². The second kappa shape index (κ2) is 33.2. The van der Waals surface area contributed by atoms with E-state index in [9.17, 15) is 4.79 Å². The minimum absolute atomic E-state index is 0.344. The third-order valence-corrected chi connectivity index (χ3v) is 20.4. The van der Waals surface area contributed by atoms with E-state index < -0.39 is 0 Å². The minimum atomic E-state index is -0.344. The highest BCUT2D eigenvalue weighted by molar-refractivity contribution is 7.21. The number of hydrogen-bond acceptors (Lipinski definition) is 12. The predicted molar refractivity (Wildman–Crippen MR) is 456 cm³/mol. The number of nitrogens with zero attached hydrogens (tertiary/aromatic N) is 8. The monoisotopic (exact) mass is 1450 g/mol. The highest BCUT2D eigenvalue weighted by atomic mass is 32.1. The Balaban J connectivity index is 0.000000126. The number of fused-ring (bicyclic) bond motifs is 8. The normalized spacial score (nSPS) is 10.9. The van der Waals surface area contributed by atoms with Crippen LogP contribution in [-0.4, -0.2) is 57.6 Å². The molecule has 5 aromatic heterocycles. The van der Waals surface area contributed by atoms with Crippen molar-refractivity contribution in [3.8, 4) is 61.2 Å². The molecule has 0 saturated carbocycles. The fraction of sp³-hybridized carbons (Fsp3) is 0.0430. The summed E-state index contributed by atoms with van der Waals surface area (Å²) >= 11 is 2.98. The highest BCUT2D eigenvalue weighted by Crippen LogP contribution is 2.47. The number of pyridine rings is 3. The first-order valence-corrected chi connectivity index (χ1v) is 37.4. The molecule has 18 aromatic rings. The number of anilines is 7. The summed E-state index contributed by atoms with van der Waals surface area (Å²) in [6, 6.07) is 118. The van der Waals surface area contributed by atoms with Crippen molar-refractivity contribution in [2.24, 2.45) is 4.66 Å². The lowest BCUT2D eigenvalue weighted by Crippen LogP contribution is -2.21. The maximum Gasteiger partial charge on any atom is 0.494 e. The molecular weight excluding hydrogens is 1380 g/mol. The molecule has 3 radical (unpaired) electrons. The molecule has 0 atom stereocenters. The first kappa shape index (κ1) is 71.0. The summed E-state index contributed by atoms with van der Waals surface area (Å²) in [5.74, 6) is 0.839. The van der Waals surface area contributed by atoms with Gasteiger partial charge >= 0.3 is 22.2 Å². The summed E-state index contributed by atoms with van der Waals surface area (Å²) in [6.45, 7) is 6.05. The van der Waals surface area contributed by atoms with E-state index in [-0.39, 0.29) is 5.63 Å². The maximum atomic E-state index is 12.5. The summed E-state index contributed by atoms with van der Waals surface area (Å²) < 4.78 is 14.7. The minimum Gasteiger partial charge on any atom is -0.649 e. The molecule has 0 bridgehead atoms. The second-order valence-electron chi connectivity index (χ2n) is 25.4. The molecule has 0 unspecified atom stereocenters. The van der Waals surface area contributed by atoms with Gasteiger partial charge in [0.05, 0.1) is 44.2 Å². The molecule has 517 valence electrons. The Bertz CT molecular complexity index is 6040. The Hall–Kier alpha value is -12.7. The lowest BCUT2D eigenvalue weighted by atomic mass is 10.0. The molecule has 1 aliphatic rings. The van der Waals surface area contributed by atoms with E-state index in [0.29, 0.717) is 16.2 Å². The zero-order valence-corrected chi connectivity index (χ0v) is 62.6. The average molecular weight is 1450 g/mol. The molecule has 0 aliphatic heterocycles. The van der Waals surface area contributed by atoms with Crippen LogP contribution in [0.1, 0.15) is 13.8 Å². The van der Waals surface area contributed by atoms with Crippen molar-refractivity contribution in [1.29, 1.82) is 0 Å². The van der Waals surface area contributed by atoms with Gasteiger partial charge in [0.25, 0.3) is 7.98 Å². The number of aromatic nitrogens is 4. The summed E-state index contributed by atoms with van der Waals surface area (Å²) in [4.78, 5) is 37.5. The van der Waals surface area contributed by atoms with Gasteiger partial charge in [-0.25, -0.2) is 14.8 Å². The van der Waals surface area contributed by atoms with E-state index in [2.05, 4.69) is 314 Å². The Morgan fingerprint density at radius 3 is 1.57 bits per heavy atom. The van der Waals surface area contributed by atoms with Gasteiger partial charge in [0, 0.05) is 92.7 Å². The van der Waals surface area contributed by atoms with Gasteiger partial charge in [0.1, 0.15) is 21.9 Å². The van der Waals surface area contributed by atoms with Crippen LogP contribution < -0.4 is 24.1 Å². The lowest BCUT2D eigenvalue weighted by molar-refractivity contribution is 0.563. The van der Waals surface area contributed by atoms with Crippen molar-refractivity contribution in [2.75, 3.05) is 27.8 Å². The largest absolute Gasteiger partial charge is 0.649 e. The van der Waals surface area contributed by atoms with Crippen molar-refractivity contribution in [2.45, 2.75) is 13.8 Å². The number of rotatable bonds is 13. The molecule has 19 rings (SSSR count). The van der Waals surface area contributed by atoms with Crippen molar-refractivity contribution in [1.82, 2.24) is 19.9 Å². The van der Waals surface area contributed by atoms with Crippen molar-refractivity contribution in [3.05, 3.63) is 363 Å². The summed E-state index contributed by atoms with van der Waals surface area (Å²) in [6.07, 6.45) is 3.58. The fourth-order valence-electron chi connectivity index (χ4n) is 13.9. The molecule has 11 nitrogen and oxygen atoms in total. The summed E-state index contributed by atoms with van der Waals surface area (Å²) in [7, 11) is 6.97. The van der Waals surface area contributed by atoms with Crippen LogP contribution in [0.15, 0.2) is 366 Å². The van der Waals surface area contributed by atoms with E-state index >= 15 is 0 Å². The van der Waals surface area contributed by atoms with Crippen LogP contribution in [0, 0.1) is 0 Å². The number of hydrogen-bond donors (Lipinski definition) is 0. The van der Waals surface area contributed by atoms with E-state index in [0.717, 1.165) is 102 Å². The van der Waals surface area contributed by atoms with Crippen molar-refractivity contribution >= 4 is 149 Å². The Kier molecular flexibility index (Phi) is 21.8. The third-order valence-electron chi connectivity index (χ3n) is 19.0. The van der Waals surface area contributed by atoms with Gasteiger partial charge in [0.2, 0.25) is 0 Å². The van der Waals surface area contributed by atoms with Crippen LogP contribution in [0.3, 0.4) is 0 Å². The van der Waals surface area contributed by atoms with Gasteiger partial charge in [-0.05, 0) is 189 Å². The van der Waals surface area contributed by atoms with Crippen LogP contribution >= 0.6 is 20.4 Å². The Labute approximate surface area is 642 Å². The van der Waals surface area contributed by atoms with Gasteiger partial charge in [0.15, 0.2) is 0 Å². The molecule has 5 heterocycles. The van der Waals surface area contributed by atoms with Gasteiger partial charge in [-0.15, -0.1) is 11.3 Å². The average Bonchev–Trinajstić information content (AvgIpc) is 1.57. The van der Waals surface area contributed by atoms with E-state index in [1.165, 1.54) is 88.1 Å². The summed E-state index contributed by atoms with van der Waals surface area (Å²) in [5, 5.41) is 10.2. The molecule has 0 saturated heterocycles. The Morgan fingerprint density at radius 2 is 0.963 bits per heavy atom. The number of para-hydroxylation sites is 4. The predicted octanol–water partition coefficient (Wildman–Crippen LogP) is 24.3. The quantitative estimate of drug-likeness (QED) is 0.0628. The van der Waals surface area contributed by atoms with Gasteiger partial charge in [-0.1, -0.05) is 206 Å². The first-order chi connectivity index (χ1) is 53.3. The molecular formula is C93H70AlBN8O3PS. The Morgan fingerprint density at radius 1 is 0.444 bits per heavy atom. The second-order valence-corrected chi connectivity index (χ2v) is 27.0. The smallest absolute Gasteiger partial charge is 0.494 e. The van der Waals surface area contributed by atoms with Gasteiger partial charge in [-0.3, -0.25) is 9.97 Å². The molecule has 0 N–H and O–H groups in total. The topological polar surface area (TPSA) is 113 Å². The molecule has 0 amide bonds. The van der Waals surface area contributed by atoms with Crippen LogP contribution in [0.5, 0.6) is 5.75 Å². The van der Waals surface area contributed by atoms with Crippen LogP contribution in [0.2, 0.25) is 0 Å². The first-order valence-electron chi connectivity index (χ1n) is 35.6. The zero-order chi connectivity index (χ0) is 73.7. The highest BCUT2D eigenvalue weighted by Gasteiger charge is 2.24. The standard InChI is InChI=1S/C44H32N2.C20H18N2O2S.C20H12N2.C9H7NO.Al.BHNP.H/c1-3-17-37(18-4-1)45(43-23-11-15-35-13-7-9-21-41(35)43)39-29-25-33(26-30-39)34-27-31-40(32-28-34)46(38-19-5-2-6-20-38)44-24-12-16-36-14-8-10-22-42(36)44;1-3-22(4-2)14-10-9-13-11-15(20(23)24-17(13)12-14)19-21-16-7-5-6-8-18(16)25-19;1-2-12-21-17(9-1)18-11-10-15-14-7-3-5-13-6-4-8-16(19(13)14)20(15)22-18;11-8-5-1-3-7-4-2-6-10-9(7)8;;1-2-3;/h1-32H;5-12H,3-4H2,1-2H3;1-12H;1-6,11H;;3H;/q;;;;+1;;/p-1. The molecule has 15 heteroatoms. The van der Waals surface area contributed by atoms with Gasteiger partial charge in [-0.2, -0.15) is 0 Å². The summed E-state index contributed by atoms with van der Waals surface area (Å²) in [5.41, 5.74) is 19.5. The fourth-order valence-corrected chi connectivity index (χ4v) is 15.1. The van der Waals surface area contributed by atoms with Crippen LogP contribution in [0.4, 0.5) is 39.8 Å². The molecule has 1 aliphatic carbocycles. The molecule has 0 spiro atoms. The molecule has 13 aromatic carbocycles. The molecule has 0 fully saturated rings. The van der Waals surface area contributed by atoms with E-state index in [4.69, 9.17) is 13.2 Å². The maximum absolute atomic E-state index is 12.5. The lowest BCUT2D eigenvalue weighted by Gasteiger charge is -2.27. The van der Waals surface area contributed by atoms with Gasteiger partial charge < -0.3 is 27.6 Å². The third kappa shape index (κ3) is 15.1.